The van der Waals surface area contributed by atoms with E-state index in [9.17, 15) is 79.4 Å². The Kier molecular flexibility index (Phi) is 8.39. The molecule has 0 saturated heterocycles. The van der Waals surface area contributed by atoms with Gasteiger partial charge in [0.05, 0.1) is 13.0 Å². The van der Waals surface area contributed by atoms with Crippen LogP contribution in [0.25, 0.3) is 0 Å². The number of carbonyl (C=O) groups is 1. The third kappa shape index (κ3) is 4.37. The highest BCUT2D eigenvalue weighted by Gasteiger charge is 2.95. The first-order chi connectivity index (χ1) is 14.6. The highest BCUT2D eigenvalue weighted by Crippen LogP contribution is 2.64. The maximum Gasteiger partial charge on any atom is 0.385 e. The number of ether oxygens (including phenoxy) is 1. The summed E-state index contributed by atoms with van der Waals surface area (Å²) < 4.78 is 231. The van der Waals surface area contributed by atoms with Crippen molar-refractivity contribution in [3.63, 3.8) is 0 Å². The van der Waals surface area contributed by atoms with Crippen molar-refractivity contribution in [2.24, 2.45) is 0 Å². The first kappa shape index (κ1) is 32.0. The highest BCUT2D eigenvalue weighted by atomic mass is 19.4. The summed E-state index contributed by atoms with van der Waals surface area (Å²) in [6.45, 7) is 0.0223. The highest BCUT2D eigenvalue weighted by molar-refractivity contribution is 5.81. The molecule has 0 fully saturated rings. The first-order valence-electron chi connectivity index (χ1n) is 8.11. The van der Waals surface area contributed by atoms with Crippen molar-refractivity contribution in [1.29, 1.82) is 0 Å². The van der Waals surface area contributed by atoms with Gasteiger partial charge in [0.1, 0.15) is 0 Å². The summed E-state index contributed by atoms with van der Waals surface area (Å²) in [5.41, 5.74) is 0. The van der Waals surface area contributed by atoms with Gasteiger partial charge in [-0.05, 0) is 6.92 Å². The van der Waals surface area contributed by atoms with Crippen LogP contribution >= 0.6 is 0 Å². The molecule has 0 heterocycles. The number of hydrogen-bond donors (Lipinski definition) is 0. The number of hydrogen-bond acceptors (Lipinski definition) is 2. The second-order valence-corrected chi connectivity index (χ2v) is 6.51. The van der Waals surface area contributed by atoms with Crippen molar-refractivity contribution in [3.05, 3.63) is 12.7 Å². The van der Waals surface area contributed by atoms with Gasteiger partial charge in [-0.25, -0.2) is 9.18 Å². The summed E-state index contributed by atoms with van der Waals surface area (Å²) in [5, 5.41) is 0. The average Bonchev–Trinajstić information content (AvgIpc) is 2.66. The predicted molar refractivity (Wildman–Crippen MR) is 75.9 cm³/mol. The van der Waals surface area contributed by atoms with Crippen molar-refractivity contribution in [3.8, 4) is 0 Å². The van der Waals surface area contributed by atoms with E-state index < -0.39 is 79.5 Å². The molecule has 19 heteroatoms. The molecule has 0 aliphatic carbocycles. The van der Waals surface area contributed by atoms with Crippen molar-refractivity contribution in [2.75, 3.05) is 6.61 Å². The van der Waals surface area contributed by atoms with Crippen LogP contribution in [0.2, 0.25) is 0 Å². The Hall–Kier alpha value is -1.98. The molecule has 0 aromatic rings. The molecule has 2 nitrogen and oxygen atoms in total. The fourth-order valence-electron chi connectivity index (χ4n) is 1.97. The lowest BCUT2D eigenvalue weighted by Gasteiger charge is -2.43. The average molecular weight is 546 g/mol. The van der Waals surface area contributed by atoms with E-state index in [2.05, 4.69) is 11.3 Å². The molecular formula is C15H11F17O2. The van der Waals surface area contributed by atoms with E-state index in [0.29, 0.717) is 0 Å². The minimum Gasteiger partial charge on any atom is -0.462 e. The molecule has 0 N–H and O–H groups in total. The molecule has 0 saturated carbocycles. The van der Waals surface area contributed by atoms with Crippen LogP contribution in [0.5, 0.6) is 0 Å². The van der Waals surface area contributed by atoms with Gasteiger partial charge in [-0.2, -0.15) is 70.2 Å². The zero-order valence-corrected chi connectivity index (χ0v) is 16.0. The smallest absolute Gasteiger partial charge is 0.385 e. The lowest BCUT2D eigenvalue weighted by molar-refractivity contribution is -0.455. The summed E-state index contributed by atoms with van der Waals surface area (Å²) in [4.78, 5) is 10.6. The third-order valence-corrected chi connectivity index (χ3v) is 4.18. The van der Waals surface area contributed by atoms with Crippen molar-refractivity contribution in [2.45, 2.75) is 66.9 Å². The molecule has 0 rings (SSSR count). The Labute approximate surface area is 177 Å². The lowest BCUT2D eigenvalue weighted by atomic mass is 9.86. The maximum absolute atomic E-state index is 13.6. The number of esters is 1. The number of halogens is 17. The monoisotopic (exact) mass is 546 g/mol. The van der Waals surface area contributed by atoms with E-state index in [1.807, 2.05) is 0 Å². The van der Waals surface area contributed by atoms with Crippen LogP contribution in [-0.2, 0) is 9.53 Å². The third-order valence-electron chi connectivity index (χ3n) is 4.18. The molecule has 0 radical (unpaired) electrons. The molecule has 1 unspecified atom stereocenters. The molecular weight excluding hydrogens is 535 g/mol. The minimum atomic E-state index is -8.61. The van der Waals surface area contributed by atoms with Crippen LogP contribution in [0.15, 0.2) is 12.7 Å². The van der Waals surface area contributed by atoms with Gasteiger partial charge in [0, 0.05) is 6.08 Å². The first-order valence-corrected chi connectivity index (χ1v) is 8.11. The molecule has 34 heavy (non-hydrogen) atoms. The van der Waals surface area contributed by atoms with Crippen molar-refractivity contribution in [1.82, 2.24) is 0 Å². The van der Waals surface area contributed by atoms with Crippen LogP contribution in [0.1, 0.15) is 13.3 Å². The Morgan fingerprint density at radius 2 is 1.03 bits per heavy atom. The Morgan fingerprint density at radius 3 is 1.35 bits per heavy atom. The van der Waals surface area contributed by atoms with Gasteiger partial charge < -0.3 is 4.74 Å². The molecule has 0 aromatic heterocycles. The summed E-state index contributed by atoms with van der Waals surface area (Å²) >= 11 is 0. The number of rotatable bonds is 12. The summed E-state index contributed by atoms with van der Waals surface area (Å²) in [6, 6.07) is 0. The lowest BCUT2D eigenvalue weighted by Crippen LogP contribution is -2.75. The van der Waals surface area contributed by atoms with Crippen LogP contribution in [0.4, 0.5) is 74.6 Å². The van der Waals surface area contributed by atoms with Gasteiger partial charge in [-0.15, -0.1) is 0 Å². The topological polar surface area (TPSA) is 26.3 Å². The number of alkyl halides is 17. The standard InChI is InChI=1S/C15H11F17O2/c1-3-7(33)34-5-4-8(17,18)10(21,22)12(25,26)14(29,30)15(31,32)13(27,28)11(23,24)9(19,20)6(2)16/h3,6H,1,4-5H2,2H3. The second-order valence-electron chi connectivity index (χ2n) is 6.51. The molecule has 0 spiro atoms. The molecule has 0 aromatic carbocycles. The fraction of sp³-hybridized carbons (Fsp3) is 0.800. The molecule has 0 aliphatic rings. The Balaban J connectivity index is 6.54. The summed E-state index contributed by atoms with van der Waals surface area (Å²) in [5.74, 6) is -64.9. The van der Waals surface area contributed by atoms with Gasteiger partial charge in [-0.3, -0.25) is 0 Å². The largest absolute Gasteiger partial charge is 0.462 e. The van der Waals surface area contributed by atoms with Crippen LogP contribution < -0.4 is 0 Å². The SMILES string of the molecule is C=CC(=O)OCCC(F)(F)C(F)(F)C(F)(F)C(F)(F)C(F)(F)C(F)(F)C(F)(F)C(F)(F)C(C)F. The molecule has 0 amide bonds. The van der Waals surface area contributed by atoms with Gasteiger partial charge in [0.2, 0.25) is 0 Å². The summed E-state index contributed by atoms with van der Waals surface area (Å²) in [7, 11) is 0. The molecule has 202 valence electrons. The van der Waals surface area contributed by atoms with E-state index in [4.69, 9.17) is 0 Å². The second kappa shape index (κ2) is 8.91. The summed E-state index contributed by atoms with van der Waals surface area (Å²) in [6.07, 6.45) is -7.14. The van der Waals surface area contributed by atoms with Crippen molar-refractivity contribution < 1.29 is 84.2 Å². The predicted octanol–water partition coefficient (Wildman–Crippen LogP) is 6.55. The number of carbonyl (C=O) groups excluding carboxylic acids is 1. The van der Waals surface area contributed by atoms with Crippen LogP contribution in [0.3, 0.4) is 0 Å². The molecule has 0 aliphatic heterocycles. The zero-order chi connectivity index (χ0) is 28.0. The van der Waals surface area contributed by atoms with E-state index in [1.54, 1.807) is 0 Å². The fourth-order valence-corrected chi connectivity index (χ4v) is 1.97. The minimum absolute atomic E-state index is 0.204. The Morgan fingerprint density at radius 1 is 0.706 bits per heavy atom. The van der Waals surface area contributed by atoms with E-state index >= 15 is 0 Å². The maximum atomic E-state index is 13.6. The van der Waals surface area contributed by atoms with Crippen molar-refractivity contribution >= 4 is 5.97 Å². The molecule has 0 bridgehead atoms. The van der Waals surface area contributed by atoms with Crippen LogP contribution in [-0.4, -0.2) is 66.1 Å². The van der Waals surface area contributed by atoms with E-state index in [1.165, 1.54) is 0 Å². The zero-order valence-electron chi connectivity index (χ0n) is 16.0. The van der Waals surface area contributed by atoms with Gasteiger partial charge >= 0.3 is 53.3 Å². The normalized spacial score (nSPS) is 16.3. The van der Waals surface area contributed by atoms with Crippen LogP contribution in [0, 0.1) is 0 Å². The van der Waals surface area contributed by atoms with E-state index in [-0.39, 0.29) is 6.08 Å². The van der Waals surface area contributed by atoms with Gasteiger partial charge in [0.25, 0.3) is 0 Å². The molecule has 1 atom stereocenters. The van der Waals surface area contributed by atoms with E-state index in [0.717, 1.165) is 0 Å². The van der Waals surface area contributed by atoms with Gasteiger partial charge in [-0.1, -0.05) is 6.58 Å². The Bertz CT molecular complexity index is 756. The quantitative estimate of drug-likeness (QED) is 0.158. The van der Waals surface area contributed by atoms with Gasteiger partial charge in [0.15, 0.2) is 6.17 Å².